The zero-order chi connectivity index (χ0) is 16.3. The van der Waals surface area contributed by atoms with Crippen molar-refractivity contribution in [1.29, 1.82) is 0 Å². The van der Waals surface area contributed by atoms with E-state index in [1.807, 2.05) is 13.8 Å². The first-order valence-corrected chi connectivity index (χ1v) is 7.96. The molecule has 0 aromatic rings. The highest BCUT2D eigenvalue weighted by Crippen LogP contribution is 2.44. The van der Waals surface area contributed by atoms with Gasteiger partial charge >= 0.3 is 5.97 Å². The van der Waals surface area contributed by atoms with Gasteiger partial charge in [-0.25, -0.2) is 0 Å². The maximum absolute atomic E-state index is 12.4. The minimum atomic E-state index is -0.793. The highest BCUT2D eigenvalue weighted by molar-refractivity contribution is 5.78. The molecule has 4 nitrogen and oxygen atoms in total. The van der Waals surface area contributed by atoms with E-state index in [0.717, 1.165) is 32.1 Å². The summed E-state index contributed by atoms with van der Waals surface area (Å²) < 4.78 is 0. The Morgan fingerprint density at radius 1 is 1.05 bits per heavy atom. The van der Waals surface area contributed by atoms with Gasteiger partial charge in [-0.05, 0) is 43.9 Å². The summed E-state index contributed by atoms with van der Waals surface area (Å²) in [5.74, 6) is -0.800. The fourth-order valence-corrected chi connectivity index (χ4v) is 3.99. The van der Waals surface area contributed by atoms with Crippen molar-refractivity contribution in [3.63, 3.8) is 0 Å². The number of amides is 1. The van der Waals surface area contributed by atoms with Crippen LogP contribution in [0, 0.1) is 10.8 Å². The first-order chi connectivity index (χ1) is 9.43. The lowest BCUT2D eigenvalue weighted by molar-refractivity contribution is -0.140. The molecule has 1 aliphatic rings. The fourth-order valence-electron chi connectivity index (χ4n) is 3.99. The minimum absolute atomic E-state index is 0.00704. The van der Waals surface area contributed by atoms with Gasteiger partial charge in [0.05, 0.1) is 6.42 Å². The Morgan fingerprint density at radius 3 is 2.00 bits per heavy atom. The molecule has 0 saturated heterocycles. The van der Waals surface area contributed by atoms with Crippen molar-refractivity contribution in [1.82, 2.24) is 5.32 Å². The van der Waals surface area contributed by atoms with Gasteiger partial charge in [-0.2, -0.15) is 0 Å². The molecule has 0 aromatic heterocycles. The van der Waals surface area contributed by atoms with Gasteiger partial charge in [0.1, 0.15) is 0 Å². The first-order valence-electron chi connectivity index (χ1n) is 7.96. The average molecular weight is 297 g/mol. The van der Waals surface area contributed by atoms with Gasteiger partial charge < -0.3 is 10.4 Å². The number of carbonyl (C=O) groups excluding carboxylic acids is 1. The Labute approximate surface area is 128 Å². The van der Waals surface area contributed by atoms with Crippen molar-refractivity contribution in [3.05, 3.63) is 0 Å². The highest BCUT2D eigenvalue weighted by Gasteiger charge is 2.39. The van der Waals surface area contributed by atoms with Crippen LogP contribution in [0.1, 0.15) is 79.6 Å². The second kappa shape index (κ2) is 6.37. The summed E-state index contributed by atoms with van der Waals surface area (Å²) >= 11 is 0. The molecule has 0 heterocycles. The van der Waals surface area contributed by atoms with E-state index in [1.165, 1.54) is 0 Å². The van der Waals surface area contributed by atoms with Crippen LogP contribution in [-0.4, -0.2) is 22.5 Å². The molecule has 122 valence electrons. The van der Waals surface area contributed by atoms with E-state index in [-0.39, 0.29) is 28.7 Å². The number of carboxylic acid groups (broad SMARTS) is 1. The van der Waals surface area contributed by atoms with Crippen molar-refractivity contribution < 1.29 is 14.7 Å². The molecule has 1 fully saturated rings. The van der Waals surface area contributed by atoms with Crippen LogP contribution in [0.25, 0.3) is 0 Å². The maximum atomic E-state index is 12.4. The summed E-state index contributed by atoms with van der Waals surface area (Å²) in [7, 11) is 0. The van der Waals surface area contributed by atoms with Crippen LogP contribution in [0.5, 0.6) is 0 Å². The average Bonchev–Trinajstić information content (AvgIpc) is 2.58. The molecule has 1 rings (SSSR count). The molecule has 0 radical (unpaired) electrons. The van der Waals surface area contributed by atoms with E-state index < -0.39 is 5.97 Å². The van der Waals surface area contributed by atoms with E-state index in [1.54, 1.807) is 0 Å². The van der Waals surface area contributed by atoms with Gasteiger partial charge in [-0.15, -0.1) is 0 Å². The lowest BCUT2D eigenvalue weighted by atomic mass is 9.78. The second-order valence-corrected chi connectivity index (χ2v) is 8.62. The second-order valence-electron chi connectivity index (χ2n) is 8.62. The largest absolute Gasteiger partial charge is 0.481 e. The molecule has 1 aliphatic carbocycles. The van der Waals surface area contributed by atoms with Crippen molar-refractivity contribution in [2.24, 2.45) is 10.8 Å². The van der Waals surface area contributed by atoms with Crippen LogP contribution in [0.15, 0.2) is 0 Å². The normalized spacial score (nSPS) is 18.5. The molecule has 0 atom stereocenters. The van der Waals surface area contributed by atoms with Crippen molar-refractivity contribution in [2.75, 3.05) is 0 Å². The fraction of sp³-hybridized carbons (Fsp3) is 0.882. The van der Waals surface area contributed by atoms with Gasteiger partial charge in [-0.3, -0.25) is 9.59 Å². The topological polar surface area (TPSA) is 66.4 Å². The predicted octanol–water partition coefficient (Wildman–Crippen LogP) is 3.74. The van der Waals surface area contributed by atoms with Crippen LogP contribution in [0.4, 0.5) is 0 Å². The Morgan fingerprint density at radius 2 is 1.57 bits per heavy atom. The third kappa shape index (κ3) is 6.49. The SMILES string of the molecule is CC(C)(C)CC(C)(C)NC(=O)CC1(CC(=O)O)CCCC1. The Hall–Kier alpha value is -1.06. The molecule has 2 N–H and O–H groups in total. The van der Waals surface area contributed by atoms with Crippen LogP contribution in [0.2, 0.25) is 0 Å². The molecule has 0 spiro atoms. The number of carbonyl (C=O) groups is 2. The van der Waals surface area contributed by atoms with E-state index in [9.17, 15) is 9.59 Å². The molecule has 4 heteroatoms. The van der Waals surface area contributed by atoms with E-state index >= 15 is 0 Å². The molecule has 0 unspecified atom stereocenters. The number of aliphatic carboxylic acids is 1. The third-order valence-electron chi connectivity index (χ3n) is 4.18. The minimum Gasteiger partial charge on any atom is -0.481 e. The van der Waals surface area contributed by atoms with Crippen LogP contribution < -0.4 is 5.32 Å². The summed E-state index contributed by atoms with van der Waals surface area (Å²) in [6.07, 6.45) is 5.11. The molecule has 21 heavy (non-hydrogen) atoms. The molecule has 0 aliphatic heterocycles. The Bertz CT molecular complexity index is 387. The molecule has 0 bridgehead atoms. The summed E-state index contributed by atoms with van der Waals surface area (Å²) in [6.45, 7) is 10.5. The number of hydrogen-bond donors (Lipinski definition) is 2. The van der Waals surface area contributed by atoms with Crippen molar-refractivity contribution in [2.45, 2.75) is 85.1 Å². The molecule has 0 aromatic carbocycles. The summed E-state index contributed by atoms with van der Waals surface area (Å²) in [4.78, 5) is 23.5. The van der Waals surface area contributed by atoms with E-state index in [0.29, 0.717) is 6.42 Å². The lowest BCUT2D eigenvalue weighted by Gasteiger charge is -2.35. The van der Waals surface area contributed by atoms with E-state index in [2.05, 4.69) is 26.1 Å². The number of rotatable bonds is 6. The Kier molecular flexibility index (Phi) is 5.46. The molecule has 1 saturated carbocycles. The predicted molar refractivity (Wildman–Crippen MR) is 84.1 cm³/mol. The van der Waals surface area contributed by atoms with Gasteiger partial charge in [0, 0.05) is 12.0 Å². The summed E-state index contributed by atoms with van der Waals surface area (Å²) in [5, 5.41) is 12.2. The van der Waals surface area contributed by atoms with Crippen LogP contribution in [-0.2, 0) is 9.59 Å². The van der Waals surface area contributed by atoms with Gasteiger partial charge in [-0.1, -0.05) is 33.6 Å². The van der Waals surface area contributed by atoms with Crippen LogP contribution in [0.3, 0.4) is 0 Å². The number of hydrogen-bond acceptors (Lipinski definition) is 2. The smallest absolute Gasteiger partial charge is 0.303 e. The standard InChI is InChI=1S/C17H31NO3/c1-15(2,3)12-16(4,5)18-13(19)10-17(11-14(20)21)8-6-7-9-17/h6-12H2,1-5H3,(H,18,19)(H,20,21). The molecular formula is C17H31NO3. The molecular weight excluding hydrogens is 266 g/mol. The number of nitrogens with one attached hydrogen (secondary N) is 1. The number of carboxylic acids is 1. The Balaban J connectivity index is 2.64. The highest BCUT2D eigenvalue weighted by atomic mass is 16.4. The lowest BCUT2D eigenvalue weighted by Crippen LogP contribution is -2.47. The molecule has 1 amide bonds. The summed E-state index contributed by atoms with van der Waals surface area (Å²) in [6, 6.07) is 0. The van der Waals surface area contributed by atoms with E-state index in [4.69, 9.17) is 5.11 Å². The quantitative estimate of drug-likeness (QED) is 0.784. The first kappa shape index (κ1) is 18.0. The van der Waals surface area contributed by atoms with Gasteiger partial charge in [0.15, 0.2) is 0 Å². The maximum Gasteiger partial charge on any atom is 0.303 e. The zero-order valence-corrected chi connectivity index (χ0v) is 14.2. The van der Waals surface area contributed by atoms with Crippen molar-refractivity contribution >= 4 is 11.9 Å². The third-order valence-corrected chi connectivity index (χ3v) is 4.18. The van der Waals surface area contributed by atoms with Crippen LogP contribution >= 0.6 is 0 Å². The zero-order valence-electron chi connectivity index (χ0n) is 14.2. The monoisotopic (exact) mass is 297 g/mol. The van der Waals surface area contributed by atoms with Gasteiger partial charge in [0.2, 0.25) is 5.91 Å². The van der Waals surface area contributed by atoms with Crippen molar-refractivity contribution in [3.8, 4) is 0 Å². The summed E-state index contributed by atoms with van der Waals surface area (Å²) in [5.41, 5.74) is -0.449. The van der Waals surface area contributed by atoms with Gasteiger partial charge in [0.25, 0.3) is 0 Å².